The highest BCUT2D eigenvalue weighted by Gasteiger charge is 2.50. The number of carbonyl (C=O) groups excluding carboxylic acids is 3. The SMILES string of the molecule is COCCNC(=O)CN1C(=O)N[C@](C)(c2cc(F)ccc2F)C1=O. The van der Waals surface area contributed by atoms with E-state index in [2.05, 4.69) is 10.6 Å². The third kappa shape index (κ3) is 3.35. The molecule has 1 saturated heterocycles. The minimum absolute atomic E-state index is 0.217. The van der Waals surface area contributed by atoms with Crippen LogP contribution in [0.2, 0.25) is 0 Å². The Kier molecular flexibility index (Phi) is 5.13. The largest absolute Gasteiger partial charge is 0.383 e. The molecule has 2 N–H and O–H groups in total. The fourth-order valence-corrected chi connectivity index (χ4v) is 2.40. The lowest BCUT2D eigenvalue weighted by molar-refractivity contribution is -0.134. The second kappa shape index (κ2) is 6.91. The van der Waals surface area contributed by atoms with Crippen LogP contribution in [-0.2, 0) is 19.9 Å². The Morgan fingerprint density at radius 1 is 1.38 bits per heavy atom. The van der Waals surface area contributed by atoms with Gasteiger partial charge in [-0.1, -0.05) is 0 Å². The molecule has 1 fully saturated rings. The third-order valence-corrected chi connectivity index (χ3v) is 3.67. The van der Waals surface area contributed by atoms with Gasteiger partial charge in [0.1, 0.15) is 23.7 Å². The first-order valence-electron chi connectivity index (χ1n) is 7.15. The molecule has 0 radical (unpaired) electrons. The van der Waals surface area contributed by atoms with Crippen molar-refractivity contribution in [3.05, 3.63) is 35.4 Å². The number of amides is 4. The molecule has 7 nitrogen and oxygen atoms in total. The number of hydrogen-bond acceptors (Lipinski definition) is 4. The number of methoxy groups -OCH3 is 1. The quantitative estimate of drug-likeness (QED) is 0.582. The van der Waals surface area contributed by atoms with E-state index in [1.165, 1.54) is 14.0 Å². The molecule has 0 aliphatic carbocycles. The van der Waals surface area contributed by atoms with Crippen LogP contribution in [0.25, 0.3) is 0 Å². The van der Waals surface area contributed by atoms with E-state index in [0.29, 0.717) is 4.90 Å². The summed E-state index contributed by atoms with van der Waals surface area (Å²) in [4.78, 5) is 36.9. The Bertz CT molecular complexity index is 683. The number of imide groups is 1. The van der Waals surface area contributed by atoms with Gasteiger partial charge in [-0.05, 0) is 25.1 Å². The van der Waals surface area contributed by atoms with Crippen molar-refractivity contribution in [2.24, 2.45) is 0 Å². The summed E-state index contributed by atoms with van der Waals surface area (Å²) in [5, 5.41) is 4.78. The van der Waals surface area contributed by atoms with Crippen LogP contribution in [-0.4, -0.2) is 49.6 Å². The van der Waals surface area contributed by atoms with Crippen LogP contribution in [0, 0.1) is 11.6 Å². The van der Waals surface area contributed by atoms with Crippen LogP contribution in [0.1, 0.15) is 12.5 Å². The van der Waals surface area contributed by atoms with Crippen LogP contribution >= 0.6 is 0 Å². The van der Waals surface area contributed by atoms with E-state index in [9.17, 15) is 23.2 Å². The molecule has 1 aromatic rings. The average molecular weight is 341 g/mol. The predicted octanol–water partition coefficient (Wildman–Crippen LogP) is 0.494. The highest BCUT2D eigenvalue weighted by atomic mass is 19.1. The van der Waals surface area contributed by atoms with Gasteiger partial charge in [0, 0.05) is 19.2 Å². The molecule has 1 heterocycles. The zero-order chi connectivity index (χ0) is 17.9. The number of rotatable bonds is 6. The second-order valence-electron chi connectivity index (χ2n) is 5.41. The number of carbonyl (C=O) groups is 3. The van der Waals surface area contributed by atoms with E-state index < -0.39 is 41.6 Å². The van der Waals surface area contributed by atoms with Gasteiger partial charge in [-0.15, -0.1) is 0 Å². The molecular formula is C15H17F2N3O4. The topological polar surface area (TPSA) is 87.7 Å². The summed E-state index contributed by atoms with van der Waals surface area (Å²) in [5.41, 5.74) is -2.08. The molecule has 1 aliphatic rings. The van der Waals surface area contributed by atoms with Crippen molar-refractivity contribution >= 4 is 17.8 Å². The maximum Gasteiger partial charge on any atom is 0.325 e. The summed E-state index contributed by atoms with van der Waals surface area (Å²) in [6, 6.07) is 1.77. The number of ether oxygens (including phenoxy) is 1. The fourth-order valence-electron chi connectivity index (χ4n) is 2.40. The van der Waals surface area contributed by atoms with Crippen LogP contribution in [0.3, 0.4) is 0 Å². The van der Waals surface area contributed by atoms with Crippen molar-refractivity contribution in [2.75, 3.05) is 26.8 Å². The van der Waals surface area contributed by atoms with Crippen molar-refractivity contribution in [2.45, 2.75) is 12.5 Å². The molecule has 0 aromatic heterocycles. The normalized spacial score (nSPS) is 20.2. The van der Waals surface area contributed by atoms with E-state index in [0.717, 1.165) is 18.2 Å². The maximum absolute atomic E-state index is 14.0. The molecule has 24 heavy (non-hydrogen) atoms. The molecule has 0 saturated carbocycles. The molecule has 1 aliphatic heterocycles. The molecule has 130 valence electrons. The lowest BCUT2D eigenvalue weighted by Crippen LogP contribution is -2.44. The molecule has 0 unspecified atom stereocenters. The molecule has 1 atom stereocenters. The third-order valence-electron chi connectivity index (χ3n) is 3.67. The summed E-state index contributed by atoms with van der Waals surface area (Å²) >= 11 is 0. The minimum Gasteiger partial charge on any atom is -0.383 e. The molecular weight excluding hydrogens is 324 g/mol. The number of halogens is 2. The zero-order valence-corrected chi connectivity index (χ0v) is 13.2. The first-order valence-corrected chi connectivity index (χ1v) is 7.15. The van der Waals surface area contributed by atoms with Gasteiger partial charge in [0.05, 0.1) is 6.61 Å². The molecule has 0 bridgehead atoms. The summed E-state index contributed by atoms with van der Waals surface area (Å²) < 4.78 is 32.1. The van der Waals surface area contributed by atoms with Gasteiger partial charge in [-0.3, -0.25) is 14.5 Å². The molecule has 1 aromatic carbocycles. The van der Waals surface area contributed by atoms with E-state index >= 15 is 0 Å². The summed E-state index contributed by atoms with van der Waals surface area (Å²) in [5.74, 6) is -2.98. The first-order chi connectivity index (χ1) is 11.3. The summed E-state index contributed by atoms with van der Waals surface area (Å²) in [6.07, 6.45) is 0. The number of urea groups is 1. The van der Waals surface area contributed by atoms with Crippen molar-refractivity contribution in [1.82, 2.24) is 15.5 Å². The second-order valence-corrected chi connectivity index (χ2v) is 5.41. The monoisotopic (exact) mass is 341 g/mol. The standard InChI is InChI=1S/C15H17F2N3O4/c1-15(10-7-9(16)3-4-11(10)17)13(22)20(14(23)19-15)8-12(21)18-5-6-24-2/h3-4,7H,5-6,8H2,1-2H3,(H,18,21)(H,19,23)/t15-/m1/s1. The van der Waals surface area contributed by atoms with E-state index in [1.807, 2.05) is 0 Å². The lowest BCUT2D eigenvalue weighted by Gasteiger charge is -2.22. The van der Waals surface area contributed by atoms with Gasteiger partial charge in [-0.2, -0.15) is 0 Å². The molecule has 2 rings (SSSR count). The van der Waals surface area contributed by atoms with Gasteiger partial charge in [-0.25, -0.2) is 13.6 Å². The molecule has 0 spiro atoms. The van der Waals surface area contributed by atoms with Crippen molar-refractivity contribution in [3.63, 3.8) is 0 Å². The Morgan fingerprint density at radius 2 is 2.08 bits per heavy atom. The Labute approximate surface area is 136 Å². The number of benzene rings is 1. The van der Waals surface area contributed by atoms with Crippen LogP contribution in [0.15, 0.2) is 18.2 Å². The Morgan fingerprint density at radius 3 is 2.75 bits per heavy atom. The molecule has 4 amide bonds. The highest BCUT2D eigenvalue weighted by molar-refractivity contribution is 6.09. The smallest absolute Gasteiger partial charge is 0.325 e. The van der Waals surface area contributed by atoms with E-state index in [4.69, 9.17) is 4.74 Å². The van der Waals surface area contributed by atoms with E-state index in [-0.39, 0.29) is 18.7 Å². The Balaban J connectivity index is 2.18. The fraction of sp³-hybridized carbons (Fsp3) is 0.400. The van der Waals surface area contributed by atoms with Crippen LogP contribution in [0.5, 0.6) is 0 Å². The molecule has 9 heteroatoms. The number of nitrogens with zero attached hydrogens (tertiary/aromatic N) is 1. The maximum atomic E-state index is 14.0. The van der Waals surface area contributed by atoms with Crippen LogP contribution < -0.4 is 10.6 Å². The zero-order valence-electron chi connectivity index (χ0n) is 13.2. The van der Waals surface area contributed by atoms with Gasteiger partial charge < -0.3 is 15.4 Å². The number of nitrogens with one attached hydrogen (secondary N) is 2. The van der Waals surface area contributed by atoms with Crippen LogP contribution in [0.4, 0.5) is 13.6 Å². The van der Waals surface area contributed by atoms with Gasteiger partial charge in [0.2, 0.25) is 5.91 Å². The van der Waals surface area contributed by atoms with E-state index in [1.54, 1.807) is 0 Å². The lowest BCUT2D eigenvalue weighted by atomic mass is 9.91. The van der Waals surface area contributed by atoms with Gasteiger partial charge in [0.15, 0.2) is 0 Å². The van der Waals surface area contributed by atoms with Crippen molar-refractivity contribution in [1.29, 1.82) is 0 Å². The van der Waals surface area contributed by atoms with Gasteiger partial charge in [0.25, 0.3) is 5.91 Å². The van der Waals surface area contributed by atoms with Crippen molar-refractivity contribution < 1.29 is 27.9 Å². The minimum atomic E-state index is -1.78. The highest BCUT2D eigenvalue weighted by Crippen LogP contribution is 2.31. The first kappa shape index (κ1) is 17.8. The summed E-state index contributed by atoms with van der Waals surface area (Å²) in [7, 11) is 1.46. The van der Waals surface area contributed by atoms with Gasteiger partial charge >= 0.3 is 6.03 Å². The number of hydrogen-bond donors (Lipinski definition) is 2. The average Bonchev–Trinajstić information content (AvgIpc) is 2.74. The summed E-state index contributed by atoms with van der Waals surface area (Å²) in [6.45, 7) is 1.22. The van der Waals surface area contributed by atoms with Crippen molar-refractivity contribution in [3.8, 4) is 0 Å². The predicted molar refractivity (Wildman–Crippen MR) is 78.8 cm³/mol. The Hall–Kier alpha value is -2.55.